The summed E-state index contributed by atoms with van der Waals surface area (Å²) in [6, 6.07) is 15.7. The molecule has 6 heteroatoms. The molecule has 0 aliphatic carbocycles. The Morgan fingerprint density at radius 2 is 1.72 bits per heavy atom. The number of hydrogen-bond acceptors (Lipinski definition) is 4. The Kier molecular flexibility index (Phi) is 5.36. The fraction of sp³-hybridized carbons (Fsp3) is 0.304. The number of amides is 2. The number of nitrogens with one attached hydrogen (secondary N) is 1. The summed E-state index contributed by atoms with van der Waals surface area (Å²) >= 11 is 0. The number of nitrogens with zero attached hydrogens (tertiary/aromatic N) is 2. The van der Waals surface area contributed by atoms with Gasteiger partial charge in [0, 0.05) is 37.3 Å². The minimum Gasteiger partial charge on any atom is -0.466 e. The van der Waals surface area contributed by atoms with Gasteiger partial charge in [0.25, 0.3) is 5.91 Å². The lowest BCUT2D eigenvalue weighted by Crippen LogP contribution is -2.50. The van der Waals surface area contributed by atoms with Crippen LogP contribution in [0.5, 0.6) is 0 Å². The third kappa shape index (κ3) is 4.17. The topological polar surface area (TPSA) is 65.8 Å². The second kappa shape index (κ2) is 8.09. The average molecular weight is 391 g/mol. The minimum atomic E-state index is -0.0394. The summed E-state index contributed by atoms with van der Waals surface area (Å²) in [6.07, 6.45) is 0. The van der Waals surface area contributed by atoms with Gasteiger partial charge >= 0.3 is 0 Å². The standard InChI is InChI=1S/C23H25N3O3/c1-16-14-20(17(2)29-16)23(28)26-12-10-25(11-13-26)15-22(27)24-21-9-5-7-18-6-3-4-8-19(18)21/h3-9,14H,10-13,15H2,1-2H3,(H,24,27). The van der Waals surface area contributed by atoms with Gasteiger partial charge in [-0.1, -0.05) is 36.4 Å². The number of hydrogen-bond donors (Lipinski definition) is 1. The van der Waals surface area contributed by atoms with Gasteiger partial charge in [0.1, 0.15) is 11.5 Å². The van der Waals surface area contributed by atoms with E-state index in [9.17, 15) is 9.59 Å². The summed E-state index contributed by atoms with van der Waals surface area (Å²) < 4.78 is 5.48. The van der Waals surface area contributed by atoms with E-state index < -0.39 is 0 Å². The van der Waals surface area contributed by atoms with Crippen LogP contribution < -0.4 is 5.32 Å². The zero-order chi connectivity index (χ0) is 20.4. The Morgan fingerprint density at radius 1 is 1.00 bits per heavy atom. The van der Waals surface area contributed by atoms with Crippen molar-refractivity contribution in [3.8, 4) is 0 Å². The first-order chi connectivity index (χ1) is 14.0. The van der Waals surface area contributed by atoms with Gasteiger partial charge in [-0.2, -0.15) is 0 Å². The van der Waals surface area contributed by atoms with Crippen LogP contribution in [0.15, 0.2) is 52.9 Å². The third-order valence-electron chi connectivity index (χ3n) is 5.36. The van der Waals surface area contributed by atoms with Crippen molar-refractivity contribution in [1.29, 1.82) is 0 Å². The van der Waals surface area contributed by atoms with Crippen molar-refractivity contribution in [1.82, 2.24) is 9.80 Å². The molecule has 29 heavy (non-hydrogen) atoms. The van der Waals surface area contributed by atoms with Gasteiger partial charge in [-0.15, -0.1) is 0 Å². The molecule has 1 saturated heterocycles. The Balaban J connectivity index is 1.33. The zero-order valence-corrected chi connectivity index (χ0v) is 16.8. The van der Waals surface area contributed by atoms with E-state index in [1.165, 1.54) is 0 Å². The summed E-state index contributed by atoms with van der Waals surface area (Å²) in [4.78, 5) is 29.2. The largest absolute Gasteiger partial charge is 0.466 e. The maximum Gasteiger partial charge on any atom is 0.257 e. The molecule has 0 atom stereocenters. The SMILES string of the molecule is Cc1cc(C(=O)N2CCN(CC(=O)Nc3cccc4ccccc34)CC2)c(C)o1. The van der Waals surface area contributed by atoms with E-state index in [0.717, 1.165) is 22.2 Å². The third-order valence-corrected chi connectivity index (χ3v) is 5.36. The molecule has 4 rings (SSSR count). The van der Waals surface area contributed by atoms with E-state index in [1.807, 2.05) is 61.2 Å². The van der Waals surface area contributed by atoms with Gasteiger partial charge in [-0.05, 0) is 31.4 Å². The predicted octanol–water partition coefficient (Wildman–Crippen LogP) is 3.45. The summed E-state index contributed by atoms with van der Waals surface area (Å²) in [5, 5.41) is 5.16. The van der Waals surface area contributed by atoms with E-state index in [4.69, 9.17) is 4.42 Å². The van der Waals surface area contributed by atoms with Gasteiger partial charge in [0.15, 0.2) is 0 Å². The highest BCUT2D eigenvalue weighted by Gasteiger charge is 2.25. The van der Waals surface area contributed by atoms with Gasteiger partial charge in [-0.3, -0.25) is 14.5 Å². The fourth-order valence-corrected chi connectivity index (χ4v) is 3.85. The van der Waals surface area contributed by atoms with Crippen LogP contribution in [0.3, 0.4) is 0 Å². The quantitative estimate of drug-likeness (QED) is 0.740. The van der Waals surface area contributed by atoms with Crippen molar-refractivity contribution in [2.75, 3.05) is 38.0 Å². The van der Waals surface area contributed by atoms with Gasteiger partial charge in [0.2, 0.25) is 5.91 Å². The molecule has 0 unspecified atom stereocenters. The Labute approximate surface area is 170 Å². The number of aryl methyl sites for hydroxylation is 2. The van der Waals surface area contributed by atoms with E-state index in [2.05, 4.69) is 10.2 Å². The van der Waals surface area contributed by atoms with Gasteiger partial charge in [-0.25, -0.2) is 0 Å². The lowest BCUT2D eigenvalue weighted by Gasteiger charge is -2.34. The Bertz CT molecular complexity index is 1040. The number of benzene rings is 2. The molecule has 0 radical (unpaired) electrons. The van der Waals surface area contributed by atoms with Crippen LogP contribution in [-0.4, -0.2) is 54.3 Å². The number of carbonyl (C=O) groups is 2. The molecule has 1 aliphatic rings. The van der Waals surface area contributed by atoms with Crippen LogP contribution in [0.4, 0.5) is 5.69 Å². The molecule has 0 saturated carbocycles. The van der Waals surface area contributed by atoms with Gasteiger partial charge < -0.3 is 14.6 Å². The Morgan fingerprint density at radius 3 is 2.45 bits per heavy atom. The molecule has 1 aromatic heterocycles. The maximum absolute atomic E-state index is 12.7. The molecule has 3 aromatic rings. The second-order valence-electron chi connectivity index (χ2n) is 7.47. The second-order valence-corrected chi connectivity index (χ2v) is 7.47. The molecular formula is C23H25N3O3. The van der Waals surface area contributed by atoms with Crippen LogP contribution >= 0.6 is 0 Å². The number of carbonyl (C=O) groups excluding carboxylic acids is 2. The summed E-state index contributed by atoms with van der Waals surface area (Å²) in [5.74, 6) is 1.36. The first-order valence-electron chi connectivity index (χ1n) is 9.87. The molecule has 2 heterocycles. The van der Waals surface area contributed by atoms with Crippen LogP contribution in [0, 0.1) is 13.8 Å². The van der Waals surface area contributed by atoms with Crippen molar-refractivity contribution < 1.29 is 14.0 Å². The van der Waals surface area contributed by atoms with E-state index in [1.54, 1.807) is 6.07 Å². The molecule has 0 bridgehead atoms. The molecule has 150 valence electrons. The summed E-state index contributed by atoms with van der Waals surface area (Å²) in [6.45, 7) is 6.52. The lowest BCUT2D eigenvalue weighted by molar-refractivity contribution is -0.117. The minimum absolute atomic E-state index is 0.000734. The van der Waals surface area contributed by atoms with E-state index in [-0.39, 0.29) is 11.8 Å². The van der Waals surface area contributed by atoms with Crippen LogP contribution in [0.1, 0.15) is 21.9 Å². The number of fused-ring (bicyclic) bond motifs is 1. The van der Waals surface area contributed by atoms with Crippen LogP contribution in [0.2, 0.25) is 0 Å². The van der Waals surface area contributed by atoms with E-state index >= 15 is 0 Å². The van der Waals surface area contributed by atoms with Crippen molar-refractivity contribution in [2.24, 2.45) is 0 Å². The van der Waals surface area contributed by atoms with Crippen LogP contribution in [-0.2, 0) is 4.79 Å². The molecule has 2 aromatic carbocycles. The average Bonchev–Trinajstić information content (AvgIpc) is 3.06. The zero-order valence-electron chi connectivity index (χ0n) is 16.8. The fourth-order valence-electron chi connectivity index (χ4n) is 3.85. The van der Waals surface area contributed by atoms with Crippen molar-refractivity contribution in [2.45, 2.75) is 13.8 Å². The summed E-state index contributed by atoms with van der Waals surface area (Å²) in [5.41, 5.74) is 1.46. The van der Waals surface area contributed by atoms with Crippen LogP contribution in [0.25, 0.3) is 10.8 Å². The highest BCUT2D eigenvalue weighted by molar-refractivity contribution is 6.02. The number of rotatable bonds is 4. The van der Waals surface area contributed by atoms with Gasteiger partial charge in [0.05, 0.1) is 12.1 Å². The van der Waals surface area contributed by atoms with Crippen molar-refractivity contribution >= 4 is 28.3 Å². The number of furan rings is 1. The first-order valence-corrected chi connectivity index (χ1v) is 9.87. The number of piperazine rings is 1. The molecule has 1 fully saturated rings. The molecular weight excluding hydrogens is 366 g/mol. The molecule has 6 nitrogen and oxygen atoms in total. The van der Waals surface area contributed by atoms with Crippen molar-refractivity contribution in [3.63, 3.8) is 0 Å². The smallest absolute Gasteiger partial charge is 0.257 e. The number of anilines is 1. The molecule has 1 aliphatic heterocycles. The highest BCUT2D eigenvalue weighted by atomic mass is 16.3. The summed E-state index contributed by atoms with van der Waals surface area (Å²) in [7, 11) is 0. The molecule has 0 spiro atoms. The Hall–Kier alpha value is -3.12. The maximum atomic E-state index is 12.7. The highest BCUT2D eigenvalue weighted by Crippen LogP contribution is 2.23. The van der Waals surface area contributed by atoms with Crippen molar-refractivity contribution in [3.05, 3.63) is 65.6 Å². The normalized spacial score (nSPS) is 14.9. The lowest BCUT2D eigenvalue weighted by atomic mass is 10.1. The molecule has 1 N–H and O–H groups in total. The molecule has 2 amide bonds. The first kappa shape index (κ1) is 19.2. The monoisotopic (exact) mass is 391 g/mol. The predicted molar refractivity (Wildman–Crippen MR) is 113 cm³/mol. The van der Waals surface area contributed by atoms with E-state index in [0.29, 0.717) is 44.0 Å².